The maximum Gasteiger partial charge on any atom is 0.282 e. The lowest BCUT2D eigenvalue weighted by Gasteiger charge is -2.29. The number of likely N-dealkylation sites (tertiary alicyclic amines) is 1. The number of nitrogens with zero attached hydrogens (tertiary/aromatic N) is 3. The van der Waals surface area contributed by atoms with Gasteiger partial charge in [0.05, 0.1) is 27.0 Å². The number of hydrogen-bond acceptors (Lipinski definition) is 3. The number of hydrogen-bond donors (Lipinski definition) is 0. The summed E-state index contributed by atoms with van der Waals surface area (Å²) < 4.78 is 2.10. The third-order valence-electron chi connectivity index (χ3n) is 6.51. The van der Waals surface area contributed by atoms with E-state index >= 15 is 0 Å². The molecule has 0 saturated carbocycles. The van der Waals surface area contributed by atoms with Crippen LogP contribution < -0.4 is 5.56 Å². The number of rotatable bonds is 2. The van der Waals surface area contributed by atoms with Crippen LogP contribution in [0.4, 0.5) is 0 Å². The maximum atomic E-state index is 12.7. The van der Waals surface area contributed by atoms with E-state index in [1.807, 2.05) is 17.0 Å². The SMILES string of the molecule is CC1(C)c2ccc(C3CCN(C=O)CC3)cc2-n2c1nc(=O)c1c(Cl)cccc12. The number of amides is 1. The van der Waals surface area contributed by atoms with Crippen molar-refractivity contribution in [1.82, 2.24) is 14.5 Å². The summed E-state index contributed by atoms with van der Waals surface area (Å²) in [4.78, 5) is 30.0. The van der Waals surface area contributed by atoms with E-state index in [0.29, 0.717) is 16.3 Å². The smallest absolute Gasteiger partial charge is 0.282 e. The van der Waals surface area contributed by atoms with Gasteiger partial charge in [-0.15, -0.1) is 0 Å². The lowest BCUT2D eigenvalue weighted by Crippen LogP contribution is -2.31. The average Bonchev–Trinajstić information content (AvgIpc) is 2.95. The van der Waals surface area contributed by atoms with Gasteiger partial charge in [0.15, 0.2) is 0 Å². The third-order valence-corrected chi connectivity index (χ3v) is 6.83. The van der Waals surface area contributed by atoms with E-state index in [9.17, 15) is 9.59 Å². The molecule has 0 unspecified atom stereocenters. The van der Waals surface area contributed by atoms with Crippen molar-refractivity contribution in [3.63, 3.8) is 0 Å². The van der Waals surface area contributed by atoms with Gasteiger partial charge in [0.2, 0.25) is 6.41 Å². The Morgan fingerprint density at radius 2 is 1.93 bits per heavy atom. The maximum absolute atomic E-state index is 12.7. The molecule has 3 heterocycles. The van der Waals surface area contributed by atoms with Crippen molar-refractivity contribution in [2.75, 3.05) is 13.1 Å². The lowest BCUT2D eigenvalue weighted by atomic mass is 9.83. The molecule has 1 amide bonds. The Labute approximate surface area is 173 Å². The summed E-state index contributed by atoms with van der Waals surface area (Å²) in [7, 11) is 0. The molecule has 0 radical (unpaired) electrons. The Kier molecular flexibility index (Phi) is 4.07. The highest BCUT2D eigenvalue weighted by molar-refractivity contribution is 6.35. The minimum Gasteiger partial charge on any atom is -0.345 e. The molecule has 0 N–H and O–H groups in total. The molecule has 1 aromatic heterocycles. The molecule has 29 heavy (non-hydrogen) atoms. The molecule has 0 bridgehead atoms. The zero-order valence-electron chi connectivity index (χ0n) is 16.5. The summed E-state index contributed by atoms with van der Waals surface area (Å²) in [6.45, 7) is 5.80. The zero-order chi connectivity index (χ0) is 20.3. The second-order valence-corrected chi connectivity index (χ2v) is 8.93. The van der Waals surface area contributed by atoms with Crippen molar-refractivity contribution in [3.8, 4) is 5.69 Å². The Morgan fingerprint density at radius 1 is 1.17 bits per heavy atom. The van der Waals surface area contributed by atoms with Crippen molar-refractivity contribution in [3.05, 3.63) is 68.7 Å². The molecule has 0 atom stereocenters. The zero-order valence-corrected chi connectivity index (χ0v) is 17.2. The van der Waals surface area contributed by atoms with Gasteiger partial charge in [-0.1, -0.05) is 29.8 Å². The van der Waals surface area contributed by atoms with Crippen LogP contribution in [0.3, 0.4) is 0 Å². The van der Waals surface area contributed by atoms with Gasteiger partial charge < -0.3 is 4.90 Å². The first-order valence-electron chi connectivity index (χ1n) is 9.97. The topological polar surface area (TPSA) is 55.2 Å². The molecule has 148 valence electrons. The van der Waals surface area contributed by atoms with Crippen molar-refractivity contribution < 1.29 is 4.79 Å². The van der Waals surface area contributed by atoms with Gasteiger partial charge in [0, 0.05) is 13.1 Å². The van der Waals surface area contributed by atoms with Crippen molar-refractivity contribution in [1.29, 1.82) is 0 Å². The van der Waals surface area contributed by atoms with E-state index in [4.69, 9.17) is 11.6 Å². The summed E-state index contributed by atoms with van der Waals surface area (Å²) in [5, 5.41) is 0.894. The Morgan fingerprint density at radius 3 is 2.66 bits per heavy atom. The number of piperidine rings is 1. The van der Waals surface area contributed by atoms with Crippen LogP contribution in [0.2, 0.25) is 5.02 Å². The van der Waals surface area contributed by atoms with Crippen LogP contribution in [0, 0.1) is 0 Å². The molecule has 6 heteroatoms. The standard InChI is InChI=1S/C23H22ClN3O2/c1-23(2)16-7-6-15(14-8-10-26(13-28)11-9-14)12-19(16)27-18-5-3-4-17(24)20(18)21(29)25-22(23)27/h3-7,12-14H,8-11H2,1-2H3. The first kappa shape index (κ1) is 18.4. The first-order chi connectivity index (χ1) is 13.9. The molecule has 2 aliphatic heterocycles. The highest BCUT2D eigenvalue weighted by atomic mass is 35.5. The fourth-order valence-electron chi connectivity index (χ4n) is 4.86. The van der Waals surface area contributed by atoms with Crippen LogP contribution in [-0.4, -0.2) is 34.0 Å². The monoisotopic (exact) mass is 407 g/mol. The van der Waals surface area contributed by atoms with E-state index in [0.717, 1.165) is 54.9 Å². The summed E-state index contributed by atoms with van der Waals surface area (Å²) in [5.41, 5.74) is 3.65. The number of aromatic nitrogens is 2. The van der Waals surface area contributed by atoms with Gasteiger partial charge >= 0.3 is 0 Å². The fourth-order valence-corrected chi connectivity index (χ4v) is 5.12. The molecule has 0 aliphatic carbocycles. The molecule has 5 nitrogen and oxygen atoms in total. The summed E-state index contributed by atoms with van der Waals surface area (Å²) in [5.74, 6) is 1.17. The van der Waals surface area contributed by atoms with Crippen molar-refractivity contribution in [2.45, 2.75) is 38.0 Å². The van der Waals surface area contributed by atoms with Crippen LogP contribution in [0.1, 0.15) is 49.6 Å². The summed E-state index contributed by atoms with van der Waals surface area (Å²) >= 11 is 6.36. The largest absolute Gasteiger partial charge is 0.345 e. The van der Waals surface area contributed by atoms with Gasteiger partial charge in [-0.2, -0.15) is 4.98 Å². The van der Waals surface area contributed by atoms with E-state index < -0.39 is 0 Å². The second kappa shape index (κ2) is 6.42. The Hall–Kier alpha value is -2.66. The van der Waals surface area contributed by atoms with Gasteiger partial charge in [-0.3, -0.25) is 14.2 Å². The molecule has 1 saturated heterocycles. The molecule has 1 fully saturated rings. The minimum absolute atomic E-state index is 0.279. The van der Waals surface area contributed by atoms with Crippen LogP contribution in [-0.2, 0) is 10.2 Å². The fraction of sp³-hybridized carbons (Fsp3) is 0.348. The highest BCUT2D eigenvalue weighted by Crippen LogP contribution is 2.44. The summed E-state index contributed by atoms with van der Waals surface area (Å²) in [6, 6.07) is 12.2. The molecular weight excluding hydrogens is 386 g/mol. The normalized spacial score (nSPS) is 18.0. The van der Waals surface area contributed by atoms with Gasteiger partial charge in [0.25, 0.3) is 5.56 Å². The molecule has 2 aliphatic rings. The van der Waals surface area contributed by atoms with Crippen LogP contribution in [0.15, 0.2) is 41.2 Å². The predicted molar refractivity (Wildman–Crippen MR) is 114 cm³/mol. The number of carbonyl (C=O) groups excluding carboxylic acids is 1. The van der Waals surface area contributed by atoms with E-state index in [2.05, 4.69) is 41.6 Å². The van der Waals surface area contributed by atoms with E-state index in [1.54, 1.807) is 6.07 Å². The van der Waals surface area contributed by atoms with Crippen LogP contribution in [0.5, 0.6) is 0 Å². The quantitative estimate of drug-likeness (QED) is 0.603. The minimum atomic E-state index is -0.371. The molecular formula is C23H22ClN3O2. The molecule has 2 aromatic carbocycles. The number of benzene rings is 2. The van der Waals surface area contributed by atoms with Gasteiger partial charge in [0.1, 0.15) is 5.82 Å². The highest BCUT2D eigenvalue weighted by Gasteiger charge is 2.39. The van der Waals surface area contributed by atoms with Gasteiger partial charge in [-0.05, 0) is 61.9 Å². The van der Waals surface area contributed by atoms with Crippen molar-refractivity contribution in [2.24, 2.45) is 0 Å². The van der Waals surface area contributed by atoms with E-state index in [-0.39, 0.29) is 11.0 Å². The third kappa shape index (κ3) is 2.64. The number of halogens is 1. The Balaban J connectivity index is 1.71. The first-order valence-corrected chi connectivity index (χ1v) is 10.4. The van der Waals surface area contributed by atoms with E-state index in [1.165, 1.54) is 5.56 Å². The molecule has 5 rings (SSSR count). The van der Waals surface area contributed by atoms with Crippen molar-refractivity contribution >= 4 is 28.9 Å². The Bertz CT molecular complexity index is 1210. The van der Waals surface area contributed by atoms with Crippen LogP contribution in [0.25, 0.3) is 16.6 Å². The second-order valence-electron chi connectivity index (χ2n) is 8.53. The van der Waals surface area contributed by atoms with Gasteiger partial charge in [-0.25, -0.2) is 0 Å². The predicted octanol–water partition coefficient (Wildman–Crippen LogP) is 4.01. The molecule has 0 spiro atoms. The number of fused-ring (bicyclic) bond motifs is 5. The number of carbonyl (C=O) groups is 1. The van der Waals surface area contributed by atoms with Crippen LogP contribution >= 0.6 is 11.6 Å². The lowest BCUT2D eigenvalue weighted by molar-refractivity contribution is -0.119. The molecule has 3 aromatic rings. The summed E-state index contributed by atoms with van der Waals surface area (Å²) in [6.07, 6.45) is 2.86. The average molecular weight is 408 g/mol.